The number of benzene rings is 1. The molecule has 0 spiro atoms. The summed E-state index contributed by atoms with van der Waals surface area (Å²) in [6.07, 6.45) is 0. The lowest BCUT2D eigenvalue weighted by Gasteiger charge is -2.09. The van der Waals surface area contributed by atoms with Gasteiger partial charge in [0.05, 0.1) is 7.11 Å². The van der Waals surface area contributed by atoms with E-state index in [-0.39, 0.29) is 5.23 Å². The van der Waals surface area contributed by atoms with Gasteiger partial charge in [0.1, 0.15) is 0 Å². The number of carbonyl (C=O) groups is 1. The number of hydrogen-bond donors (Lipinski definition) is 1. The van der Waals surface area contributed by atoms with Gasteiger partial charge in [0.2, 0.25) is 0 Å². The molecule has 64 valence electrons. The monoisotopic (exact) mass is 167 g/mol. The zero-order valence-corrected chi connectivity index (χ0v) is 6.60. The normalized spacial score (nSPS) is 9.50. The number of carbonyl (C=O) groups excluding carboxylic acids is 1. The van der Waals surface area contributed by atoms with Gasteiger partial charge in [-0.05, 0) is 12.1 Å². The van der Waals surface area contributed by atoms with Crippen LogP contribution in [-0.4, -0.2) is 23.5 Å². The highest BCUT2D eigenvalue weighted by atomic mass is 16.9. The van der Waals surface area contributed by atoms with Crippen LogP contribution in [-0.2, 0) is 4.84 Å². The fourth-order valence-corrected chi connectivity index (χ4v) is 0.774. The first-order chi connectivity index (χ1) is 5.75. The van der Waals surface area contributed by atoms with Crippen molar-refractivity contribution in [3.05, 3.63) is 35.9 Å². The van der Waals surface area contributed by atoms with Crippen LogP contribution in [0.25, 0.3) is 0 Å². The minimum absolute atomic E-state index is 0.190. The highest BCUT2D eigenvalue weighted by Gasteiger charge is 2.11. The molecule has 1 aromatic carbocycles. The van der Waals surface area contributed by atoms with Crippen molar-refractivity contribution in [1.29, 1.82) is 0 Å². The SMILES string of the molecule is CON(O)C(=O)c1ccccc1. The summed E-state index contributed by atoms with van der Waals surface area (Å²) in [6.45, 7) is 0. The Hall–Kier alpha value is -1.39. The van der Waals surface area contributed by atoms with Gasteiger partial charge in [-0.2, -0.15) is 0 Å². The summed E-state index contributed by atoms with van der Waals surface area (Å²) >= 11 is 0. The van der Waals surface area contributed by atoms with Gasteiger partial charge in [-0.25, -0.2) is 4.84 Å². The molecule has 4 nitrogen and oxygen atoms in total. The van der Waals surface area contributed by atoms with E-state index in [1.54, 1.807) is 30.3 Å². The number of hydroxylamine groups is 2. The molecular formula is C8H9NO3. The van der Waals surface area contributed by atoms with E-state index in [9.17, 15) is 4.79 Å². The van der Waals surface area contributed by atoms with E-state index in [1.165, 1.54) is 7.11 Å². The van der Waals surface area contributed by atoms with E-state index in [1.807, 2.05) is 0 Å². The summed E-state index contributed by atoms with van der Waals surface area (Å²) in [5.41, 5.74) is 0.377. The third-order valence-corrected chi connectivity index (χ3v) is 1.37. The Labute approximate surface area is 69.9 Å². The van der Waals surface area contributed by atoms with Gasteiger partial charge in [-0.1, -0.05) is 23.4 Å². The first-order valence-electron chi connectivity index (χ1n) is 3.38. The van der Waals surface area contributed by atoms with Gasteiger partial charge in [0, 0.05) is 5.56 Å². The van der Waals surface area contributed by atoms with Crippen molar-refractivity contribution in [1.82, 2.24) is 5.23 Å². The second-order valence-corrected chi connectivity index (χ2v) is 2.13. The molecule has 0 aliphatic carbocycles. The zero-order valence-electron chi connectivity index (χ0n) is 6.60. The molecule has 0 fully saturated rings. The smallest absolute Gasteiger partial charge is 0.264 e. The minimum Gasteiger partial charge on any atom is -0.264 e. The average Bonchev–Trinajstić information content (AvgIpc) is 2.17. The lowest BCUT2D eigenvalue weighted by molar-refractivity contribution is -0.280. The summed E-state index contributed by atoms with van der Waals surface area (Å²) in [5.74, 6) is -0.585. The summed E-state index contributed by atoms with van der Waals surface area (Å²) in [6, 6.07) is 8.37. The van der Waals surface area contributed by atoms with Gasteiger partial charge in [0.15, 0.2) is 0 Å². The number of amides is 1. The van der Waals surface area contributed by atoms with Crippen molar-refractivity contribution < 1.29 is 14.8 Å². The van der Waals surface area contributed by atoms with Gasteiger partial charge in [-0.3, -0.25) is 10.0 Å². The van der Waals surface area contributed by atoms with Crippen molar-refractivity contribution >= 4 is 5.91 Å². The molecule has 0 aliphatic rings. The van der Waals surface area contributed by atoms with Gasteiger partial charge < -0.3 is 0 Å². The van der Waals surface area contributed by atoms with E-state index in [0.717, 1.165) is 0 Å². The fraction of sp³-hybridized carbons (Fsp3) is 0.125. The van der Waals surface area contributed by atoms with Crippen molar-refractivity contribution in [3.8, 4) is 0 Å². The Bertz CT molecular complexity index is 260. The molecule has 1 amide bonds. The van der Waals surface area contributed by atoms with Crippen LogP contribution in [0.15, 0.2) is 30.3 Å². The maximum atomic E-state index is 11.1. The molecule has 1 rings (SSSR count). The summed E-state index contributed by atoms with van der Waals surface area (Å²) in [5, 5.41) is 9.03. The summed E-state index contributed by atoms with van der Waals surface area (Å²) in [4.78, 5) is 15.4. The lowest BCUT2D eigenvalue weighted by atomic mass is 10.2. The Kier molecular flexibility index (Phi) is 2.79. The standard InChI is InChI=1S/C8H9NO3/c1-12-9(11)8(10)7-5-3-2-4-6-7/h2-6,11H,1H3. The van der Waals surface area contributed by atoms with E-state index in [2.05, 4.69) is 4.84 Å². The molecule has 1 aromatic rings. The summed E-state index contributed by atoms with van der Waals surface area (Å²) in [7, 11) is 1.21. The third-order valence-electron chi connectivity index (χ3n) is 1.37. The molecule has 4 heteroatoms. The topological polar surface area (TPSA) is 49.8 Å². The molecule has 0 aliphatic heterocycles. The van der Waals surface area contributed by atoms with Crippen LogP contribution in [0.5, 0.6) is 0 Å². The zero-order chi connectivity index (χ0) is 8.97. The Morgan fingerprint density at radius 2 is 2.00 bits per heavy atom. The maximum Gasteiger partial charge on any atom is 0.303 e. The van der Waals surface area contributed by atoms with E-state index >= 15 is 0 Å². The lowest BCUT2D eigenvalue weighted by Crippen LogP contribution is -2.25. The van der Waals surface area contributed by atoms with E-state index < -0.39 is 5.91 Å². The largest absolute Gasteiger partial charge is 0.303 e. The highest BCUT2D eigenvalue weighted by Crippen LogP contribution is 2.01. The first-order valence-corrected chi connectivity index (χ1v) is 3.38. The third kappa shape index (κ3) is 1.81. The molecule has 1 N–H and O–H groups in total. The summed E-state index contributed by atoms with van der Waals surface area (Å²) < 4.78 is 0. The van der Waals surface area contributed by atoms with Crippen LogP contribution in [0.1, 0.15) is 10.4 Å². The number of rotatable bonds is 2. The first kappa shape index (κ1) is 8.70. The maximum absolute atomic E-state index is 11.1. The van der Waals surface area contributed by atoms with Crippen LogP contribution < -0.4 is 0 Å². The Morgan fingerprint density at radius 3 is 2.50 bits per heavy atom. The number of hydrogen-bond acceptors (Lipinski definition) is 3. The van der Waals surface area contributed by atoms with Gasteiger partial charge in [-0.15, -0.1) is 0 Å². The average molecular weight is 167 g/mol. The Morgan fingerprint density at radius 1 is 1.42 bits per heavy atom. The van der Waals surface area contributed by atoms with Crippen LogP contribution in [0, 0.1) is 0 Å². The molecule has 0 saturated carbocycles. The van der Waals surface area contributed by atoms with Crippen LogP contribution in [0.3, 0.4) is 0 Å². The highest BCUT2D eigenvalue weighted by molar-refractivity contribution is 5.92. The second kappa shape index (κ2) is 3.85. The van der Waals surface area contributed by atoms with Crippen LogP contribution in [0.4, 0.5) is 0 Å². The molecule has 0 radical (unpaired) electrons. The van der Waals surface area contributed by atoms with Crippen molar-refractivity contribution in [2.75, 3.05) is 7.11 Å². The fourth-order valence-electron chi connectivity index (χ4n) is 0.774. The second-order valence-electron chi connectivity index (χ2n) is 2.13. The quantitative estimate of drug-likeness (QED) is 0.529. The Balaban J connectivity index is 2.79. The minimum atomic E-state index is -0.585. The predicted molar refractivity (Wildman–Crippen MR) is 41.4 cm³/mol. The molecule has 0 heterocycles. The van der Waals surface area contributed by atoms with Gasteiger partial charge >= 0.3 is 5.91 Å². The molecule has 0 bridgehead atoms. The van der Waals surface area contributed by atoms with Crippen LogP contribution >= 0.6 is 0 Å². The van der Waals surface area contributed by atoms with Crippen molar-refractivity contribution in [2.24, 2.45) is 0 Å². The molecule has 0 saturated heterocycles. The molecule has 0 atom stereocenters. The predicted octanol–water partition coefficient (Wildman–Crippen LogP) is 1.08. The number of nitrogens with zero attached hydrogens (tertiary/aromatic N) is 1. The molecule has 0 aromatic heterocycles. The van der Waals surface area contributed by atoms with Crippen molar-refractivity contribution in [2.45, 2.75) is 0 Å². The van der Waals surface area contributed by atoms with Gasteiger partial charge in [0.25, 0.3) is 0 Å². The van der Waals surface area contributed by atoms with E-state index in [0.29, 0.717) is 5.56 Å². The van der Waals surface area contributed by atoms with E-state index in [4.69, 9.17) is 5.21 Å². The van der Waals surface area contributed by atoms with Crippen LogP contribution in [0.2, 0.25) is 0 Å². The van der Waals surface area contributed by atoms with Crippen molar-refractivity contribution in [3.63, 3.8) is 0 Å². The molecule has 12 heavy (non-hydrogen) atoms. The molecule has 0 unspecified atom stereocenters. The molecular weight excluding hydrogens is 158 g/mol.